The van der Waals surface area contributed by atoms with Crippen molar-refractivity contribution < 1.29 is 27.4 Å². The number of hydrogen-bond acceptors (Lipinski definition) is 4. The van der Waals surface area contributed by atoms with Gasteiger partial charge in [0.25, 0.3) is 0 Å². The van der Waals surface area contributed by atoms with E-state index in [0.717, 1.165) is 18.7 Å². The van der Waals surface area contributed by atoms with Crippen LogP contribution in [0.3, 0.4) is 0 Å². The third kappa shape index (κ3) is 7.45. The fraction of sp³-hybridized carbons (Fsp3) is 0.409. The molecule has 2 amide bonds. The van der Waals surface area contributed by atoms with Gasteiger partial charge in [0.05, 0.1) is 19.3 Å². The molecule has 6 nitrogen and oxygen atoms in total. The fourth-order valence-electron chi connectivity index (χ4n) is 3.36. The summed E-state index contributed by atoms with van der Waals surface area (Å²) in [4.78, 5) is 16.6. The van der Waals surface area contributed by atoms with Crippen LogP contribution in [0.5, 0.6) is 5.75 Å². The molecule has 2 aromatic carbocycles. The second kappa shape index (κ2) is 10.5. The Hall–Kier alpha value is -2.78. The number of halogens is 3. The largest absolute Gasteiger partial charge is 0.573 e. The Bertz CT molecular complexity index is 825. The van der Waals surface area contributed by atoms with Gasteiger partial charge < -0.3 is 19.7 Å². The summed E-state index contributed by atoms with van der Waals surface area (Å²) in [7, 11) is 1.65. The van der Waals surface area contributed by atoms with E-state index >= 15 is 0 Å². The fourth-order valence-corrected chi connectivity index (χ4v) is 3.36. The molecule has 1 N–H and O–H groups in total. The summed E-state index contributed by atoms with van der Waals surface area (Å²) in [5.74, 6) is -0.294. The minimum atomic E-state index is -4.73. The average Bonchev–Trinajstić information content (AvgIpc) is 2.75. The number of ether oxygens (including phenoxy) is 2. The molecule has 1 saturated heterocycles. The van der Waals surface area contributed by atoms with E-state index in [9.17, 15) is 18.0 Å². The van der Waals surface area contributed by atoms with E-state index in [4.69, 9.17) is 4.74 Å². The number of amides is 2. The molecule has 1 aliphatic rings. The molecule has 0 saturated carbocycles. The number of alkyl halides is 3. The van der Waals surface area contributed by atoms with Crippen LogP contribution in [-0.2, 0) is 11.3 Å². The smallest absolute Gasteiger partial charge is 0.406 e. The Morgan fingerprint density at radius 2 is 1.77 bits per heavy atom. The van der Waals surface area contributed by atoms with E-state index in [1.807, 2.05) is 30.3 Å². The monoisotopic (exact) mass is 437 g/mol. The van der Waals surface area contributed by atoms with Gasteiger partial charge >= 0.3 is 12.4 Å². The van der Waals surface area contributed by atoms with Crippen molar-refractivity contribution in [3.63, 3.8) is 0 Å². The molecule has 2 aromatic rings. The zero-order valence-corrected chi connectivity index (χ0v) is 17.3. The maximum Gasteiger partial charge on any atom is 0.573 e. The summed E-state index contributed by atoms with van der Waals surface area (Å²) < 4.78 is 46.2. The molecule has 1 unspecified atom stereocenters. The van der Waals surface area contributed by atoms with Gasteiger partial charge in [-0.15, -0.1) is 13.2 Å². The molecular weight excluding hydrogens is 411 g/mol. The number of morpholine rings is 1. The molecule has 0 spiro atoms. The molecule has 0 bridgehead atoms. The number of nitrogens with one attached hydrogen (secondary N) is 1. The van der Waals surface area contributed by atoms with Crippen molar-refractivity contribution in [2.75, 3.05) is 39.9 Å². The highest BCUT2D eigenvalue weighted by molar-refractivity contribution is 5.74. The first-order valence-corrected chi connectivity index (χ1v) is 10.0. The van der Waals surface area contributed by atoms with Gasteiger partial charge in [0, 0.05) is 33.2 Å². The topological polar surface area (TPSA) is 54.0 Å². The van der Waals surface area contributed by atoms with Crippen molar-refractivity contribution in [1.82, 2.24) is 15.1 Å². The van der Waals surface area contributed by atoms with Crippen LogP contribution in [0, 0.1) is 0 Å². The van der Waals surface area contributed by atoms with Gasteiger partial charge in [-0.1, -0.05) is 42.5 Å². The van der Waals surface area contributed by atoms with Gasteiger partial charge in [0.1, 0.15) is 5.75 Å². The molecule has 9 heteroatoms. The Morgan fingerprint density at radius 3 is 2.39 bits per heavy atom. The second-order valence-electron chi connectivity index (χ2n) is 7.37. The van der Waals surface area contributed by atoms with Crippen LogP contribution in [0.15, 0.2) is 54.6 Å². The van der Waals surface area contributed by atoms with Crippen LogP contribution in [0.1, 0.15) is 17.2 Å². The Balaban J connectivity index is 1.61. The van der Waals surface area contributed by atoms with Crippen LogP contribution in [0.2, 0.25) is 0 Å². The molecular formula is C22H26F3N3O3. The number of urea groups is 1. The SMILES string of the molecule is CN(Cc1ccc(OC(F)(F)F)cc1)C(=O)NC(CN1CCOCC1)c1ccccc1. The number of hydrogen-bond donors (Lipinski definition) is 1. The number of rotatable bonds is 7. The number of carbonyl (C=O) groups is 1. The van der Waals surface area contributed by atoms with Gasteiger partial charge in [-0.3, -0.25) is 4.90 Å². The molecule has 3 rings (SSSR count). The first kappa shape index (κ1) is 22.9. The first-order chi connectivity index (χ1) is 14.8. The lowest BCUT2D eigenvalue weighted by molar-refractivity contribution is -0.274. The summed E-state index contributed by atoms with van der Waals surface area (Å²) in [6.45, 7) is 3.86. The summed E-state index contributed by atoms with van der Waals surface area (Å²) in [6.07, 6.45) is -4.73. The van der Waals surface area contributed by atoms with Crippen molar-refractivity contribution in [3.05, 3.63) is 65.7 Å². The van der Waals surface area contributed by atoms with Crippen LogP contribution < -0.4 is 10.1 Å². The van der Waals surface area contributed by atoms with Crippen molar-refractivity contribution in [2.24, 2.45) is 0 Å². The van der Waals surface area contributed by atoms with Crippen molar-refractivity contribution in [1.29, 1.82) is 0 Å². The van der Waals surface area contributed by atoms with Crippen LogP contribution in [-0.4, -0.2) is 62.1 Å². The quantitative estimate of drug-likeness (QED) is 0.716. The molecule has 1 aliphatic heterocycles. The van der Waals surface area contributed by atoms with E-state index < -0.39 is 6.36 Å². The molecule has 0 aromatic heterocycles. The van der Waals surface area contributed by atoms with Crippen LogP contribution in [0.4, 0.5) is 18.0 Å². The minimum Gasteiger partial charge on any atom is -0.406 e. The van der Waals surface area contributed by atoms with Crippen molar-refractivity contribution in [2.45, 2.75) is 18.9 Å². The second-order valence-corrected chi connectivity index (χ2v) is 7.37. The van der Waals surface area contributed by atoms with Gasteiger partial charge in [0.15, 0.2) is 0 Å². The minimum absolute atomic E-state index is 0.197. The number of benzene rings is 2. The summed E-state index contributed by atoms with van der Waals surface area (Å²) in [6, 6.07) is 14.8. The van der Waals surface area contributed by atoms with Gasteiger partial charge in [-0.05, 0) is 23.3 Å². The highest BCUT2D eigenvalue weighted by atomic mass is 19.4. The zero-order valence-electron chi connectivity index (χ0n) is 17.3. The van der Waals surface area contributed by atoms with Crippen molar-refractivity contribution >= 4 is 6.03 Å². The Labute approximate surface area is 179 Å². The normalized spacial score (nSPS) is 15.9. The van der Waals surface area contributed by atoms with E-state index in [-0.39, 0.29) is 24.4 Å². The van der Waals surface area contributed by atoms with Gasteiger partial charge in [-0.2, -0.15) is 0 Å². The third-order valence-electron chi connectivity index (χ3n) is 4.97. The predicted octanol–water partition coefficient (Wildman–Crippen LogP) is 3.80. The molecule has 168 valence electrons. The lowest BCUT2D eigenvalue weighted by atomic mass is 10.1. The Kier molecular flexibility index (Phi) is 7.75. The van der Waals surface area contributed by atoms with Gasteiger partial charge in [0.2, 0.25) is 0 Å². The molecule has 0 radical (unpaired) electrons. The lowest BCUT2D eigenvalue weighted by Gasteiger charge is -2.32. The molecule has 1 atom stereocenters. The average molecular weight is 437 g/mol. The molecule has 1 fully saturated rings. The van der Waals surface area contributed by atoms with E-state index in [1.54, 1.807) is 7.05 Å². The number of nitrogens with zero attached hydrogens (tertiary/aromatic N) is 2. The summed E-state index contributed by atoms with van der Waals surface area (Å²) in [5, 5.41) is 3.07. The zero-order chi connectivity index (χ0) is 22.3. The van der Waals surface area contributed by atoms with E-state index in [2.05, 4.69) is 15.0 Å². The van der Waals surface area contributed by atoms with Crippen LogP contribution in [0.25, 0.3) is 0 Å². The van der Waals surface area contributed by atoms with Crippen LogP contribution >= 0.6 is 0 Å². The lowest BCUT2D eigenvalue weighted by Crippen LogP contribution is -2.45. The highest BCUT2D eigenvalue weighted by Gasteiger charge is 2.31. The number of carbonyl (C=O) groups excluding carboxylic acids is 1. The van der Waals surface area contributed by atoms with E-state index in [0.29, 0.717) is 25.3 Å². The Morgan fingerprint density at radius 1 is 1.13 bits per heavy atom. The maximum atomic E-state index is 12.8. The highest BCUT2D eigenvalue weighted by Crippen LogP contribution is 2.23. The molecule has 0 aliphatic carbocycles. The summed E-state index contributed by atoms with van der Waals surface area (Å²) >= 11 is 0. The summed E-state index contributed by atoms with van der Waals surface area (Å²) in [5.41, 5.74) is 1.70. The molecule has 1 heterocycles. The first-order valence-electron chi connectivity index (χ1n) is 10.0. The maximum absolute atomic E-state index is 12.8. The standard InChI is InChI=1S/C22H26F3N3O3/c1-27(15-17-7-9-19(10-8-17)31-22(23,24)25)21(29)26-20(18-5-3-2-4-6-18)16-28-11-13-30-14-12-28/h2-10,20H,11-16H2,1H3,(H,26,29). The van der Waals surface area contributed by atoms with Crippen molar-refractivity contribution in [3.8, 4) is 5.75 Å². The molecule has 31 heavy (non-hydrogen) atoms. The van der Waals surface area contributed by atoms with E-state index in [1.165, 1.54) is 29.2 Å². The predicted molar refractivity (Wildman–Crippen MR) is 110 cm³/mol. The third-order valence-corrected chi connectivity index (χ3v) is 4.97. The van der Waals surface area contributed by atoms with Gasteiger partial charge in [-0.25, -0.2) is 4.79 Å².